The molecule has 0 saturated carbocycles. The lowest BCUT2D eigenvalue weighted by Gasteiger charge is -2.24. The van der Waals surface area contributed by atoms with Crippen molar-refractivity contribution < 1.29 is 28.2 Å². The highest BCUT2D eigenvalue weighted by molar-refractivity contribution is 5.99. The number of carbonyl (C=O) groups excluding carboxylic acids is 2. The second kappa shape index (κ2) is 6.32. The fourth-order valence-corrected chi connectivity index (χ4v) is 2.56. The van der Waals surface area contributed by atoms with Gasteiger partial charge in [0.25, 0.3) is 0 Å². The van der Waals surface area contributed by atoms with Crippen LogP contribution in [-0.2, 0) is 9.53 Å². The van der Waals surface area contributed by atoms with E-state index < -0.39 is 24.5 Å². The van der Waals surface area contributed by atoms with E-state index in [0.29, 0.717) is 17.1 Å². The van der Waals surface area contributed by atoms with Crippen molar-refractivity contribution in [1.29, 1.82) is 0 Å². The highest BCUT2D eigenvalue weighted by Crippen LogP contribution is 2.31. The van der Waals surface area contributed by atoms with E-state index in [-0.39, 0.29) is 12.4 Å². The molecule has 25 heavy (non-hydrogen) atoms. The minimum atomic E-state index is -0.904. The zero-order valence-corrected chi connectivity index (χ0v) is 13.1. The van der Waals surface area contributed by atoms with Crippen LogP contribution >= 0.6 is 0 Å². The van der Waals surface area contributed by atoms with Crippen LogP contribution in [0.3, 0.4) is 0 Å². The number of fused-ring (bicyclic) bond motifs is 2. The average molecular weight is 338 g/mol. The van der Waals surface area contributed by atoms with E-state index in [2.05, 4.69) is 0 Å². The lowest BCUT2D eigenvalue weighted by atomic mass is 10.2. The Kier molecular flexibility index (Phi) is 3.85. The Balaban J connectivity index is 1.38. The summed E-state index contributed by atoms with van der Waals surface area (Å²) < 4.78 is 21.5. The Morgan fingerprint density at radius 3 is 2.64 bits per heavy atom. The Labute approximate surface area is 142 Å². The molecule has 2 aromatic carbocycles. The highest BCUT2D eigenvalue weighted by Gasteiger charge is 2.29. The fraction of sp³-hybridized carbons (Fsp3) is 0.158. The molecule has 126 valence electrons. The summed E-state index contributed by atoms with van der Waals surface area (Å²) in [5, 5.41) is 0.817. The number of Topliss-reactive ketones (excluding diaryl/α,β-unsaturated/α-hetero) is 1. The minimum Gasteiger partial charge on any atom is -0.485 e. The van der Waals surface area contributed by atoms with Gasteiger partial charge in [-0.3, -0.25) is 4.79 Å². The van der Waals surface area contributed by atoms with E-state index in [4.69, 9.17) is 18.6 Å². The molecule has 0 unspecified atom stereocenters. The van der Waals surface area contributed by atoms with E-state index in [1.165, 1.54) is 0 Å². The van der Waals surface area contributed by atoms with Crippen molar-refractivity contribution in [2.45, 2.75) is 6.10 Å². The van der Waals surface area contributed by atoms with Crippen LogP contribution < -0.4 is 9.47 Å². The second-order valence-electron chi connectivity index (χ2n) is 5.54. The van der Waals surface area contributed by atoms with Crippen LogP contribution in [0.25, 0.3) is 11.0 Å². The molecule has 0 aliphatic carbocycles. The smallest absolute Gasteiger partial charge is 0.351 e. The molecule has 0 amide bonds. The van der Waals surface area contributed by atoms with Crippen molar-refractivity contribution in [3.63, 3.8) is 0 Å². The maximum absolute atomic E-state index is 12.2. The normalized spacial score (nSPS) is 15.8. The number of furan rings is 1. The van der Waals surface area contributed by atoms with Crippen LogP contribution in [0, 0.1) is 0 Å². The van der Waals surface area contributed by atoms with E-state index in [1.807, 2.05) is 24.3 Å². The van der Waals surface area contributed by atoms with E-state index >= 15 is 0 Å². The van der Waals surface area contributed by atoms with Gasteiger partial charge in [-0.15, -0.1) is 0 Å². The summed E-state index contributed by atoms with van der Waals surface area (Å²) in [4.78, 5) is 24.3. The number of ether oxygens (including phenoxy) is 3. The summed E-state index contributed by atoms with van der Waals surface area (Å²) in [6.07, 6.45) is -0.904. The van der Waals surface area contributed by atoms with Crippen molar-refractivity contribution in [1.82, 2.24) is 0 Å². The van der Waals surface area contributed by atoms with Crippen molar-refractivity contribution in [2.75, 3.05) is 13.2 Å². The lowest BCUT2D eigenvalue weighted by molar-refractivity contribution is -0.153. The van der Waals surface area contributed by atoms with Crippen LogP contribution in [0.4, 0.5) is 0 Å². The first-order valence-electron chi connectivity index (χ1n) is 7.77. The van der Waals surface area contributed by atoms with Gasteiger partial charge in [-0.05, 0) is 24.3 Å². The fourth-order valence-electron chi connectivity index (χ4n) is 2.56. The molecule has 0 N–H and O–H groups in total. The Morgan fingerprint density at radius 2 is 1.80 bits per heavy atom. The predicted octanol–water partition coefficient (Wildman–Crippen LogP) is 3.00. The second-order valence-corrected chi connectivity index (χ2v) is 5.54. The van der Waals surface area contributed by atoms with Crippen LogP contribution in [0.1, 0.15) is 10.6 Å². The van der Waals surface area contributed by atoms with Gasteiger partial charge in [0.1, 0.15) is 12.2 Å². The SMILES string of the molecule is O=C(COC(=O)[C@@H]1COc2ccccc2O1)c1cc2ccccc2o1. The van der Waals surface area contributed by atoms with E-state index in [0.717, 1.165) is 5.39 Å². The molecule has 1 atom stereocenters. The molecule has 0 saturated heterocycles. The van der Waals surface area contributed by atoms with Crippen LogP contribution in [0.5, 0.6) is 11.5 Å². The minimum absolute atomic E-state index is 0.0364. The average Bonchev–Trinajstić information content (AvgIpc) is 3.09. The van der Waals surface area contributed by atoms with Crippen molar-refractivity contribution in [2.24, 2.45) is 0 Å². The van der Waals surface area contributed by atoms with E-state index in [9.17, 15) is 9.59 Å². The number of carbonyl (C=O) groups is 2. The molecule has 4 rings (SSSR count). The molecule has 6 nitrogen and oxygen atoms in total. The van der Waals surface area contributed by atoms with Crippen LogP contribution in [0.15, 0.2) is 59.0 Å². The summed E-state index contributed by atoms with van der Waals surface area (Å²) in [6.45, 7) is -0.380. The largest absolute Gasteiger partial charge is 0.485 e. The first-order valence-corrected chi connectivity index (χ1v) is 7.77. The third-order valence-electron chi connectivity index (χ3n) is 3.82. The highest BCUT2D eigenvalue weighted by atomic mass is 16.6. The van der Waals surface area contributed by atoms with Crippen molar-refractivity contribution in [3.8, 4) is 11.5 Å². The molecule has 1 aliphatic heterocycles. The summed E-state index contributed by atoms with van der Waals surface area (Å²) in [7, 11) is 0. The van der Waals surface area contributed by atoms with Crippen LogP contribution in [-0.4, -0.2) is 31.1 Å². The van der Waals surface area contributed by atoms with Crippen LogP contribution in [0.2, 0.25) is 0 Å². The topological polar surface area (TPSA) is 75.0 Å². The molecule has 0 spiro atoms. The van der Waals surface area contributed by atoms with Gasteiger partial charge in [-0.1, -0.05) is 30.3 Å². The van der Waals surface area contributed by atoms with Gasteiger partial charge >= 0.3 is 5.97 Å². The molecule has 0 fully saturated rings. The molecule has 0 radical (unpaired) electrons. The number of ketones is 1. The van der Waals surface area contributed by atoms with Crippen molar-refractivity contribution in [3.05, 3.63) is 60.4 Å². The molecule has 2 heterocycles. The molecule has 6 heteroatoms. The molecule has 1 aromatic heterocycles. The molecular formula is C19H14O6. The molecule has 3 aromatic rings. The summed E-state index contributed by atoms with van der Waals surface area (Å²) in [5.74, 6) is 0.130. The van der Waals surface area contributed by atoms with Gasteiger partial charge in [0.2, 0.25) is 11.9 Å². The van der Waals surface area contributed by atoms with Gasteiger partial charge in [-0.25, -0.2) is 4.79 Å². The zero-order valence-electron chi connectivity index (χ0n) is 13.1. The first kappa shape index (κ1) is 15.3. The zero-order chi connectivity index (χ0) is 17.2. The maximum atomic E-state index is 12.2. The number of benzene rings is 2. The summed E-state index contributed by atoms with van der Waals surface area (Å²) in [5.41, 5.74) is 0.609. The molecule has 0 bridgehead atoms. The number of rotatable bonds is 4. The summed E-state index contributed by atoms with van der Waals surface area (Å²) in [6, 6.07) is 15.9. The quantitative estimate of drug-likeness (QED) is 0.538. The Hall–Kier alpha value is -3.28. The number of esters is 1. The Morgan fingerprint density at radius 1 is 1.04 bits per heavy atom. The standard InChI is InChI=1S/C19H14O6/c20-13(17-9-12-5-1-2-6-14(12)24-17)10-23-19(21)18-11-22-15-7-3-4-8-16(15)25-18/h1-9,18H,10-11H2/t18-/m0/s1. The van der Waals surface area contributed by atoms with Gasteiger partial charge in [-0.2, -0.15) is 0 Å². The number of hydrogen-bond acceptors (Lipinski definition) is 6. The van der Waals surface area contributed by atoms with Gasteiger partial charge in [0, 0.05) is 5.39 Å². The third-order valence-corrected chi connectivity index (χ3v) is 3.82. The first-order chi connectivity index (χ1) is 12.2. The van der Waals surface area contributed by atoms with Gasteiger partial charge in [0.15, 0.2) is 23.9 Å². The number of para-hydroxylation sites is 3. The third kappa shape index (κ3) is 3.06. The van der Waals surface area contributed by atoms with Crippen molar-refractivity contribution >= 4 is 22.7 Å². The van der Waals surface area contributed by atoms with E-state index in [1.54, 1.807) is 30.3 Å². The predicted molar refractivity (Wildman–Crippen MR) is 87.9 cm³/mol. The summed E-state index contributed by atoms with van der Waals surface area (Å²) >= 11 is 0. The molecule has 1 aliphatic rings. The lowest BCUT2D eigenvalue weighted by Crippen LogP contribution is -2.38. The monoisotopic (exact) mass is 338 g/mol. The maximum Gasteiger partial charge on any atom is 0.351 e. The molecular weight excluding hydrogens is 324 g/mol. The van der Waals surface area contributed by atoms with Gasteiger partial charge < -0.3 is 18.6 Å². The Bertz CT molecular complexity index is 909. The van der Waals surface area contributed by atoms with Gasteiger partial charge in [0.05, 0.1) is 0 Å². The number of hydrogen-bond donors (Lipinski definition) is 0.